The Kier molecular flexibility index (Phi) is 9.03. The van der Waals surface area contributed by atoms with Gasteiger partial charge in [-0.1, -0.05) is 24.6 Å². The molecule has 1 radical (unpaired) electrons. The maximum Gasteiger partial charge on any atom is -0.0351 e. The molecule has 0 aromatic rings. The molecule has 0 N–H and O–H groups in total. The molecule has 11 heavy (non-hydrogen) atoms. The molecule has 0 nitrogen and oxygen atoms in total. The Balaban J connectivity index is 2.90. The van der Waals surface area contributed by atoms with Crippen molar-refractivity contribution >= 4 is 0 Å². The van der Waals surface area contributed by atoms with Crippen molar-refractivity contribution < 1.29 is 0 Å². The number of rotatable bonds is 7. The van der Waals surface area contributed by atoms with Gasteiger partial charge < -0.3 is 0 Å². The van der Waals surface area contributed by atoms with Crippen LogP contribution in [0.25, 0.3) is 0 Å². The van der Waals surface area contributed by atoms with Crippen LogP contribution in [0.3, 0.4) is 0 Å². The zero-order chi connectivity index (χ0) is 8.36. The summed E-state index contributed by atoms with van der Waals surface area (Å²) in [6.45, 7) is 7.42. The Morgan fingerprint density at radius 2 is 1.64 bits per heavy atom. The van der Waals surface area contributed by atoms with Crippen molar-refractivity contribution in [1.82, 2.24) is 0 Å². The van der Waals surface area contributed by atoms with Crippen molar-refractivity contribution in [1.29, 1.82) is 0 Å². The molecule has 0 spiro atoms. The fourth-order valence-corrected chi connectivity index (χ4v) is 0.963. The van der Waals surface area contributed by atoms with Crippen LogP contribution in [-0.2, 0) is 0 Å². The monoisotopic (exact) mass is 151 g/mol. The van der Waals surface area contributed by atoms with E-state index in [1.54, 1.807) is 0 Å². The van der Waals surface area contributed by atoms with Gasteiger partial charge in [0, 0.05) is 0 Å². The zero-order valence-corrected chi connectivity index (χ0v) is 7.39. The lowest BCUT2D eigenvalue weighted by Gasteiger charge is -1.93. The van der Waals surface area contributed by atoms with Crippen LogP contribution in [0.15, 0.2) is 24.8 Å². The maximum atomic E-state index is 3.73. The number of hydrogen-bond donors (Lipinski definition) is 0. The number of allylic oxidation sites excluding steroid dienone is 3. The molecular formula is C11H19. The number of hydrogen-bond acceptors (Lipinski definition) is 0. The smallest absolute Gasteiger partial charge is 0.0351 e. The summed E-state index contributed by atoms with van der Waals surface area (Å²) in [7, 11) is 0. The molecule has 0 saturated carbocycles. The Labute approximate surface area is 71.0 Å². The highest BCUT2D eigenvalue weighted by atomic mass is 13.9. The lowest BCUT2D eigenvalue weighted by Crippen LogP contribution is -1.73. The highest BCUT2D eigenvalue weighted by Crippen LogP contribution is 2.03. The fraction of sp³-hybridized carbons (Fsp3) is 0.545. The maximum absolute atomic E-state index is 3.73. The van der Waals surface area contributed by atoms with Gasteiger partial charge in [0.1, 0.15) is 0 Å². The molecule has 0 saturated heterocycles. The number of unbranched alkanes of at least 4 members (excludes halogenated alkanes) is 4. The van der Waals surface area contributed by atoms with Gasteiger partial charge in [0.25, 0.3) is 0 Å². The fourth-order valence-electron chi connectivity index (χ4n) is 0.963. The van der Waals surface area contributed by atoms with Crippen molar-refractivity contribution in [2.45, 2.75) is 38.5 Å². The molecule has 0 aliphatic heterocycles. The van der Waals surface area contributed by atoms with Crippen LogP contribution < -0.4 is 0 Å². The lowest BCUT2D eigenvalue weighted by atomic mass is 10.1. The van der Waals surface area contributed by atoms with Crippen LogP contribution in [0.4, 0.5) is 0 Å². The van der Waals surface area contributed by atoms with Crippen LogP contribution in [-0.4, -0.2) is 0 Å². The van der Waals surface area contributed by atoms with Crippen LogP contribution in [0.1, 0.15) is 38.5 Å². The van der Waals surface area contributed by atoms with E-state index in [0.717, 1.165) is 6.42 Å². The lowest BCUT2D eigenvalue weighted by molar-refractivity contribution is 0.696. The van der Waals surface area contributed by atoms with E-state index in [1.807, 2.05) is 6.08 Å². The first-order valence-corrected chi connectivity index (χ1v) is 4.47. The van der Waals surface area contributed by atoms with E-state index in [4.69, 9.17) is 0 Å². The van der Waals surface area contributed by atoms with Gasteiger partial charge in [0.15, 0.2) is 0 Å². The molecule has 0 amide bonds. The molecule has 0 rings (SSSR count). The first kappa shape index (κ1) is 10.5. The molecular weight excluding hydrogens is 132 g/mol. The zero-order valence-electron chi connectivity index (χ0n) is 7.39. The molecule has 0 aliphatic rings. The van der Waals surface area contributed by atoms with Gasteiger partial charge in [-0.05, 0) is 39.0 Å². The summed E-state index contributed by atoms with van der Waals surface area (Å²) in [6.07, 6.45) is 13.6. The summed E-state index contributed by atoms with van der Waals surface area (Å²) in [5.74, 6) is 0. The quantitative estimate of drug-likeness (QED) is 0.382. The van der Waals surface area contributed by atoms with E-state index in [-0.39, 0.29) is 0 Å². The van der Waals surface area contributed by atoms with Gasteiger partial charge in [0.05, 0.1) is 0 Å². The topological polar surface area (TPSA) is 0 Å². The Morgan fingerprint density at radius 3 is 2.27 bits per heavy atom. The summed E-state index contributed by atoms with van der Waals surface area (Å²) < 4.78 is 0. The third-order valence-corrected chi connectivity index (χ3v) is 1.61. The molecule has 0 fully saturated rings. The van der Waals surface area contributed by atoms with Crippen molar-refractivity contribution in [3.63, 3.8) is 0 Å². The van der Waals surface area contributed by atoms with Crippen LogP contribution in [0.5, 0.6) is 0 Å². The standard InChI is InChI=1S/C11H19/c1-3-5-7-9-11-10-8-6-4-2/h3,6,8H,1-2,4-5,7,9-11H2. The van der Waals surface area contributed by atoms with E-state index in [1.165, 1.54) is 32.1 Å². The highest BCUT2D eigenvalue weighted by Gasteiger charge is 1.83. The van der Waals surface area contributed by atoms with Gasteiger partial charge >= 0.3 is 0 Å². The van der Waals surface area contributed by atoms with Crippen molar-refractivity contribution in [3.05, 3.63) is 31.7 Å². The van der Waals surface area contributed by atoms with Crippen LogP contribution >= 0.6 is 0 Å². The first-order valence-electron chi connectivity index (χ1n) is 4.47. The first-order chi connectivity index (χ1) is 5.41. The van der Waals surface area contributed by atoms with Gasteiger partial charge in [0.2, 0.25) is 0 Å². The minimum absolute atomic E-state index is 0.923. The molecule has 0 atom stereocenters. The summed E-state index contributed by atoms with van der Waals surface area (Å²) in [5, 5.41) is 0. The van der Waals surface area contributed by atoms with E-state index < -0.39 is 0 Å². The van der Waals surface area contributed by atoms with E-state index in [0.29, 0.717) is 0 Å². The summed E-state index contributed by atoms with van der Waals surface area (Å²) >= 11 is 0. The SMILES string of the molecule is [CH2]CC=CCCCCCC=C. The minimum atomic E-state index is 0.923. The third kappa shape index (κ3) is 9.48. The Bertz CT molecular complexity index is 101. The molecule has 0 heterocycles. The molecule has 0 aromatic carbocycles. The van der Waals surface area contributed by atoms with E-state index >= 15 is 0 Å². The predicted molar refractivity (Wildman–Crippen MR) is 52.4 cm³/mol. The summed E-state index contributed by atoms with van der Waals surface area (Å²) in [5.41, 5.74) is 0. The average molecular weight is 151 g/mol. The van der Waals surface area contributed by atoms with Crippen molar-refractivity contribution in [2.24, 2.45) is 0 Å². The normalized spacial score (nSPS) is 10.6. The molecule has 63 valence electrons. The van der Waals surface area contributed by atoms with E-state index in [2.05, 4.69) is 25.7 Å². The van der Waals surface area contributed by atoms with Gasteiger partial charge in [-0.15, -0.1) is 6.58 Å². The largest absolute Gasteiger partial charge is 0.103 e. The third-order valence-electron chi connectivity index (χ3n) is 1.61. The second kappa shape index (κ2) is 9.48. The second-order valence-electron chi connectivity index (χ2n) is 2.69. The molecule has 0 heteroatoms. The Hall–Kier alpha value is -0.520. The Morgan fingerprint density at radius 1 is 0.909 bits per heavy atom. The van der Waals surface area contributed by atoms with Gasteiger partial charge in [-0.2, -0.15) is 0 Å². The average Bonchev–Trinajstić information content (AvgIpc) is 2.03. The van der Waals surface area contributed by atoms with Crippen molar-refractivity contribution in [3.8, 4) is 0 Å². The molecule has 0 aliphatic carbocycles. The highest BCUT2D eigenvalue weighted by molar-refractivity contribution is 4.81. The van der Waals surface area contributed by atoms with Gasteiger partial charge in [-0.25, -0.2) is 0 Å². The van der Waals surface area contributed by atoms with Crippen molar-refractivity contribution in [2.75, 3.05) is 0 Å². The van der Waals surface area contributed by atoms with Gasteiger partial charge in [-0.3, -0.25) is 0 Å². The molecule has 0 bridgehead atoms. The predicted octanol–water partition coefficient (Wildman–Crippen LogP) is 3.90. The second-order valence-corrected chi connectivity index (χ2v) is 2.69. The van der Waals surface area contributed by atoms with Crippen LogP contribution in [0, 0.1) is 6.92 Å². The molecule has 0 unspecified atom stereocenters. The summed E-state index contributed by atoms with van der Waals surface area (Å²) in [6, 6.07) is 0. The summed E-state index contributed by atoms with van der Waals surface area (Å²) in [4.78, 5) is 0. The van der Waals surface area contributed by atoms with Crippen LogP contribution in [0.2, 0.25) is 0 Å². The minimum Gasteiger partial charge on any atom is -0.103 e. The van der Waals surface area contributed by atoms with E-state index in [9.17, 15) is 0 Å². The molecule has 0 aromatic heterocycles.